The van der Waals surface area contributed by atoms with Crippen LogP contribution in [-0.4, -0.2) is 61.8 Å². The van der Waals surface area contributed by atoms with E-state index in [-0.39, 0.29) is 43.8 Å². The van der Waals surface area contributed by atoms with Gasteiger partial charge in [-0.25, -0.2) is 0 Å². The Morgan fingerprint density at radius 2 is 2.03 bits per heavy atom. The molecule has 0 saturated carbocycles. The summed E-state index contributed by atoms with van der Waals surface area (Å²) >= 11 is 0. The van der Waals surface area contributed by atoms with E-state index < -0.39 is 24.0 Å². The first kappa shape index (κ1) is 25.3. The highest BCUT2D eigenvalue weighted by molar-refractivity contribution is 5.84. The highest BCUT2D eigenvalue weighted by atomic mass is 19.4. The molecule has 10 heteroatoms. The van der Waals surface area contributed by atoms with Gasteiger partial charge in [-0.2, -0.15) is 18.4 Å². The van der Waals surface area contributed by atoms with E-state index in [1.807, 2.05) is 6.07 Å². The van der Waals surface area contributed by atoms with Crippen molar-refractivity contribution in [1.82, 2.24) is 10.2 Å². The van der Waals surface area contributed by atoms with Crippen LogP contribution < -0.4 is 10.2 Å². The zero-order valence-electron chi connectivity index (χ0n) is 19.1. The number of rotatable bonds is 7. The van der Waals surface area contributed by atoms with Crippen LogP contribution in [0.3, 0.4) is 0 Å². The van der Waals surface area contributed by atoms with E-state index in [1.54, 1.807) is 34.9 Å². The first-order valence-corrected chi connectivity index (χ1v) is 11.2. The summed E-state index contributed by atoms with van der Waals surface area (Å²) in [4.78, 5) is 31.6. The number of aliphatic imine (C=N–C) groups is 1. The number of hydrogen-bond donors (Lipinski definition) is 1. The Kier molecular flexibility index (Phi) is 7.97. The van der Waals surface area contributed by atoms with Crippen molar-refractivity contribution in [3.63, 3.8) is 0 Å². The largest absolute Gasteiger partial charge is 0.393 e. The number of piperidine rings is 1. The van der Waals surface area contributed by atoms with Gasteiger partial charge in [-0.15, -0.1) is 0 Å². The molecular weight excluding hydrogens is 447 g/mol. The highest BCUT2D eigenvalue weighted by Crippen LogP contribution is 2.39. The summed E-state index contributed by atoms with van der Waals surface area (Å²) in [7, 11) is 0. The molecule has 1 aromatic carbocycles. The van der Waals surface area contributed by atoms with Gasteiger partial charge < -0.3 is 15.1 Å². The molecule has 2 unspecified atom stereocenters. The molecular formula is C24H28F3N5O2. The number of nitrogens with zero attached hydrogens (tertiary/aromatic N) is 4. The molecule has 1 aromatic rings. The van der Waals surface area contributed by atoms with Crippen molar-refractivity contribution in [2.24, 2.45) is 10.9 Å². The lowest BCUT2D eigenvalue weighted by Gasteiger charge is -2.40. The maximum absolute atomic E-state index is 13.8. The third-order valence-corrected chi connectivity index (χ3v) is 6.20. The lowest BCUT2D eigenvalue weighted by atomic mass is 9.92. The van der Waals surface area contributed by atoms with Crippen LogP contribution in [0.2, 0.25) is 0 Å². The molecule has 34 heavy (non-hydrogen) atoms. The van der Waals surface area contributed by atoms with Crippen LogP contribution in [0.1, 0.15) is 43.7 Å². The number of amides is 2. The molecule has 2 aliphatic heterocycles. The molecule has 3 rings (SSSR count). The number of carbonyl (C=O) groups excluding carboxylic acids is 2. The van der Waals surface area contributed by atoms with Crippen LogP contribution in [0.4, 0.5) is 24.5 Å². The number of nitrogens with one attached hydrogen (secondary N) is 1. The third-order valence-electron chi connectivity index (χ3n) is 6.20. The molecule has 2 fully saturated rings. The van der Waals surface area contributed by atoms with Gasteiger partial charge in [0.2, 0.25) is 11.8 Å². The first-order valence-electron chi connectivity index (χ1n) is 11.2. The van der Waals surface area contributed by atoms with E-state index in [9.17, 15) is 28.0 Å². The topological polar surface area (TPSA) is 88.8 Å². The van der Waals surface area contributed by atoms with Gasteiger partial charge in [-0.3, -0.25) is 14.6 Å². The van der Waals surface area contributed by atoms with Crippen LogP contribution in [0.25, 0.3) is 6.08 Å². The zero-order chi connectivity index (χ0) is 24.9. The van der Waals surface area contributed by atoms with Gasteiger partial charge in [0.05, 0.1) is 17.2 Å². The Bertz CT molecular complexity index is 1010. The summed E-state index contributed by atoms with van der Waals surface area (Å²) in [5.41, 5.74) is 1.57. The van der Waals surface area contributed by atoms with E-state index >= 15 is 0 Å². The van der Waals surface area contributed by atoms with Gasteiger partial charge in [0.15, 0.2) is 0 Å². The fourth-order valence-electron chi connectivity index (χ4n) is 4.35. The van der Waals surface area contributed by atoms with Gasteiger partial charge in [-0.05, 0) is 38.6 Å². The van der Waals surface area contributed by atoms with Crippen molar-refractivity contribution in [1.29, 1.82) is 5.26 Å². The standard InChI is InChI=1S/C24H28F3N5O2/c1-3-5-19-20(7-6-16(13-28)23(19)29-2)32-14-17(24(25,26)27)12-18(15-32)30-21(33)8-9-22(34)31-10-4-11-31/h3,5-7,17-18H,2,4,8-12,14-15H2,1H3,(H,30,33)/b5-3-. The minimum atomic E-state index is -4.44. The molecule has 182 valence electrons. The first-order chi connectivity index (χ1) is 16.2. The maximum atomic E-state index is 13.8. The lowest BCUT2D eigenvalue weighted by molar-refractivity contribution is -0.178. The maximum Gasteiger partial charge on any atom is 0.393 e. The second-order valence-corrected chi connectivity index (χ2v) is 8.54. The van der Waals surface area contributed by atoms with Gasteiger partial charge in [0.1, 0.15) is 6.07 Å². The van der Waals surface area contributed by atoms with Crippen LogP contribution >= 0.6 is 0 Å². The smallest absolute Gasteiger partial charge is 0.368 e. The predicted molar refractivity (Wildman–Crippen MR) is 124 cm³/mol. The third kappa shape index (κ3) is 5.76. The molecule has 2 saturated heterocycles. The van der Waals surface area contributed by atoms with Crippen molar-refractivity contribution < 1.29 is 22.8 Å². The number of alkyl halides is 3. The van der Waals surface area contributed by atoms with Crippen molar-refractivity contribution in [2.45, 2.75) is 44.8 Å². The lowest BCUT2D eigenvalue weighted by Crippen LogP contribution is -2.54. The van der Waals surface area contributed by atoms with E-state index in [2.05, 4.69) is 17.0 Å². The summed E-state index contributed by atoms with van der Waals surface area (Å²) in [6.07, 6.45) is -0.354. The Morgan fingerprint density at radius 1 is 1.29 bits per heavy atom. The fraction of sp³-hybridized carbons (Fsp3) is 0.500. The average molecular weight is 476 g/mol. The highest BCUT2D eigenvalue weighted by Gasteiger charge is 2.45. The number of likely N-dealkylation sites (tertiary alicyclic amines) is 1. The normalized spacial score (nSPS) is 20.6. The van der Waals surface area contributed by atoms with Crippen molar-refractivity contribution >= 4 is 36.0 Å². The minimum absolute atomic E-state index is 0.0421. The molecule has 0 radical (unpaired) electrons. The zero-order valence-corrected chi connectivity index (χ0v) is 19.1. The number of benzene rings is 1. The molecule has 7 nitrogen and oxygen atoms in total. The Morgan fingerprint density at radius 3 is 2.59 bits per heavy atom. The van der Waals surface area contributed by atoms with Crippen molar-refractivity contribution in [2.75, 3.05) is 31.1 Å². The Hall–Kier alpha value is -3.35. The molecule has 0 bridgehead atoms. The molecule has 2 heterocycles. The fourth-order valence-corrected chi connectivity index (χ4v) is 4.35. The summed E-state index contributed by atoms with van der Waals surface area (Å²) in [6, 6.07) is 4.40. The van der Waals surface area contributed by atoms with E-state index in [0.29, 0.717) is 30.0 Å². The van der Waals surface area contributed by atoms with E-state index in [1.165, 1.54) is 6.07 Å². The Labute approximate surface area is 196 Å². The Balaban J connectivity index is 1.81. The van der Waals surface area contributed by atoms with E-state index in [0.717, 1.165) is 6.42 Å². The second-order valence-electron chi connectivity index (χ2n) is 8.54. The number of anilines is 1. The molecule has 0 aromatic heterocycles. The SMILES string of the molecule is C=Nc1c(C#N)ccc(N2CC(NC(=O)CCC(=O)N3CCC3)CC(C(F)(F)F)C2)c1/C=C\C. The number of allylic oxidation sites excluding steroid dienone is 1. The monoisotopic (exact) mass is 475 g/mol. The van der Waals surface area contributed by atoms with Gasteiger partial charge in [-0.1, -0.05) is 12.2 Å². The summed E-state index contributed by atoms with van der Waals surface area (Å²) in [6.45, 7) is 6.52. The summed E-state index contributed by atoms with van der Waals surface area (Å²) in [5.74, 6) is -2.20. The number of carbonyl (C=O) groups is 2. The molecule has 0 aliphatic carbocycles. The van der Waals surface area contributed by atoms with Crippen LogP contribution in [-0.2, 0) is 9.59 Å². The number of nitriles is 1. The molecule has 2 atom stereocenters. The van der Waals surface area contributed by atoms with Crippen LogP contribution in [0.5, 0.6) is 0 Å². The van der Waals surface area contributed by atoms with E-state index in [4.69, 9.17) is 0 Å². The summed E-state index contributed by atoms with van der Waals surface area (Å²) < 4.78 is 41.3. The summed E-state index contributed by atoms with van der Waals surface area (Å²) in [5, 5.41) is 12.1. The quantitative estimate of drug-likeness (QED) is 0.608. The molecule has 2 amide bonds. The second kappa shape index (κ2) is 10.7. The van der Waals surface area contributed by atoms with Gasteiger partial charge in [0.25, 0.3) is 0 Å². The van der Waals surface area contributed by atoms with Crippen molar-refractivity contribution in [3.05, 3.63) is 29.3 Å². The molecule has 0 spiro atoms. The van der Waals surface area contributed by atoms with Crippen LogP contribution in [0.15, 0.2) is 23.2 Å². The minimum Gasteiger partial charge on any atom is -0.368 e. The average Bonchev–Trinajstić information content (AvgIpc) is 2.75. The molecule has 2 aliphatic rings. The number of hydrogen-bond acceptors (Lipinski definition) is 5. The van der Waals surface area contributed by atoms with Crippen LogP contribution in [0, 0.1) is 17.2 Å². The molecule has 1 N–H and O–H groups in total. The van der Waals surface area contributed by atoms with Crippen molar-refractivity contribution in [3.8, 4) is 6.07 Å². The number of halogens is 3. The van der Waals surface area contributed by atoms with Gasteiger partial charge in [0, 0.05) is 56.3 Å². The van der Waals surface area contributed by atoms with Gasteiger partial charge >= 0.3 is 6.18 Å². The predicted octanol–water partition coefficient (Wildman–Crippen LogP) is 3.81.